The molecule has 0 amide bonds. The summed E-state index contributed by atoms with van der Waals surface area (Å²) in [6.07, 6.45) is 4.71. The molecule has 0 aromatic rings. The van der Waals surface area contributed by atoms with Gasteiger partial charge >= 0.3 is 0 Å². The quantitative estimate of drug-likeness (QED) is 0.719. The number of aliphatic hydroxyl groups excluding tert-OH is 1. The number of nitrogens with zero attached hydrogens (tertiary/aromatic N) is 2. The third-order valence-electron chi connectivity index (χ3n) is 3.44. The molecule has 0 saturated carbocycles. The highest BCUT2D eigenvalue weighted by molar-refractivity contribution is 4.77. The molecule has 3 nitrogen and oxygen atoms in total. The molecule has 90 valence electrons. The van der Waals surface area contributed by atoms with Gasteiger partial charge in [0.25, 0.3) is 0 Å². The van der Waals surface area contributed by atoms with Gasteiger partial charge in [-0.05, 0) is 59.8 Å². The Labute approximate surface area is 94.1 Å². The first-order chi connectivity index (χ1) is 7.09. The monoisotopic (exact) mass is 214 g/mol. The maximum atomic E-state index is 9.19. The van der Waals surface area contributed by atoms with Crippen LogP contribution in [-0.2, 0) is 0 Å². The van der Waals surface area contributed by atoms with Crippen LogP contribution in [0.1, 0.15) is 32.6 Å². The first kappa shape index (κ1) is 12.9. The Hall–Kier alpha value is -0.120. The van der Waals surface area contributed by atoms with E-state index < -0.39 is 0 Å². The minimum atomic E-state index is -0.165. The van der Waals surface area contributed by atoms with Crippen molar-refractivity contribution >= 4 is 0 Å². The summed E-state index contributed by atoms with van der Waals surface area (Å²) in [5, 5.41) is 9.19. The summed E-state index contributed by atoms with van der Waals surface area (Å²) in [4.78, 5) is 4.81. The summed E-state index contributed by atoms with van der Waals surface area (Å²) in [7, 11) is 4.38. The summed E-state index contributed by atoms with van der Waals surface area (Å²) in [5.74, 6) is 0. The summed E-state index contributed by atoms with van der Waals surface area (Å²) < 4.78 is 0. The third-order valence-corrected chi connectivity index (χ3v) is 3.44. The lowest BCUT2D eigenvalue weighted by Gasteiger charge is -2.23. The van der Waals surface area contributed by atoms with Crippen LogP contribution >= 0.6 is 0 Å². The van der Waals surface area contributed by atoms with Gasteiger partial charge in [0.1, 0.15) is 0 Å². The lowest BCUT2D eigenvalue weighted by molar-refractivity contribution is 0.160. The normalized spacial score (nSPS) is 25.0. The van der Waals surface area contributed by atoms with Crippen molar-refractivity contribution in [3.63, 3.8) is 0 Å². The molecular weight excluding hydrogens is 188 g/mol. The Balaban J connectivity index is 2.08. The molecule has 0 aliphatic carbocycles. The second-order valence-corrected chi connectivity index (χ2v) is 5.01. The lowest BCUT2D eigenvalue weighted by Crippen LogP contribution is -2.31. The molecule has 1 aliphatic rings. The van der Waals surface area contributed by atoms with Crippen molar-refractivity contribution in [3.8, 4) is 0 Å². The van der Waals surface area contributed by atoms with E-state index in [1.165, 1.54) is 25.8 Å². The Morgan fingerprint density at radius 1 is 1.47 bits per heavy atom. The summed E-state index contributed by atoms with van der Waals surface area (Å²) in [6, 6.07) is 0.791. The average Bonchev–Trinajstić information content (AvgIpc) is 2.58. The molecule has 1 heterocycles. The van der Waals surface area contributed by atoms with Crippen LogP contribution < -0.4 is 0 Å². The molecule has 0 bridgehead atoms. The smallest absolute Gasteiger partial charge is 0.0524 e. The minimum Gasteiger partial charge on any atom is -0.393 e. The fourth-order valence-electron chi connectivity index (χ4n) is 2.23. The van der Waals surface area contributed by atoms with Crippen molar-refractivity contribution in [2.75, 3.05) is 33.7 Å². The van der Waals surface area contributed by atoms with E-state index in [0.29, 0.717) is 0 Å². The van der Waals surface area contributed by atoms with Crippen molar-refractivity contribution in [1.29, 1.82) is 0 Å². The molecule has 1 aliphatic heterocycles. The first-order valence-corrected chi connectivity index (χ1v) is 6.16. The summed E-state index contributed by atoms with van der Waals surface area (Å²) in [5.41, 5.74) is 0. The largest absolute Gasteiger partial charge is 0.393 e. The second kappa shape index (κ2) is 6.46. The predicted octanol–water partition coefficient (Wildman–Crippen LogP) is 1.17. The topological polar surface area (TPSA) is 26.7 Å². The standard InChI is InChI=1S/C12H26N2O/c1-11(15)6-9-13(2)10-7-12-5-4-8-14(12)3/h11-12,15H,4-10H2,1-3H3. The van der Waals surface area contributed by atoms with Crippen LogP contribution in [0.25, 0.3) is 0 Å². The van der Waals surface area contributed by atoms with Gasteiger partial charge in [-0.1, -0.05) is 0 Å². The van der Waals surface area contributed by atoms with Crippen LogP contribution in [0.3, 0.4) is 0 Å². The van der Waals surface area contributed by atoms with Crippen molar-refractivity contribution in [2.45, 2.75) is 44.8 Å². The van der Waals surface area contributed by atoms with E-state index in [2.05, 4.69) is 23.9 Å². The zero-order valence-corrected chi connectivity index (χ0v) is 10.4. The van der Waals surface area contributed by atoms with Gasteiger partial charge in [0.2, 0.25) is 0 Å². The van der Waals surface area contributed by atoms with Gasteiger partial charge < -0.3 is 14.9 Å². The molecule has 2 unspecified atom stereocenters. The zero-order valence-electron chi connectivity index (χ0n) is 10.4. The molecule has 0 radical (unpaired) electrons. The van der Waals surface area contributed by atoms with Gasteiger partial charge in [0.05, 0.1) is 6.10 Å². The van der Waals surface area contributed by atoms with E-state index in [1.54, 1.807) is 0 Å². The van der Waals surface area contributed by atoms with Crippen molar-refractivity contribution in [1.82, 2.24) is 9.80 Å². The van der Waals surface area contributed by atoms with E-state index in [0.717, 1.165) is 25.6 Å². The molecular formula is C12H26N2O. The van der Waals surface area contributed by atoms with Gasteiger partial charge in [0, 0.05) is 12.6 Å². The van der Waals surface area contributed by atoms with Crippen LogP contribution in [0.5, 0.6) is 0 Å². The van der Waals surface area contributed by atoms with Crippen LogP contribution in [0.2, 0.25) is 0 Å². The average molecular weight is 214 g/mol. The van der Waals surface area contributed by atoms with Gasteiger partial charge in [0.15, 0.2) is 0 Å². The molecule has 1 fully saturated rings. The van der Waals surface area contributed by atoms with Gasteiger partial charge in [-0.3, -0.25) is 0 Å². The van der Waals surface area contributed by atoms with E-state index >= 15 is 0 Å². The lowest BCUT2D eigenvalue weighted by atomic mass is 10.1. The Morgan fingerprint density at radius 3 is 2.73 bits per heavy atom. The molecule has 0 aromatic carbocycles. The minimum absolute atomic E-state index is 0.165. The van der Waals surface area contributed by atoms with Gasteiger partial charge in [-0.15, -0.1) is 0 Å². The molecule has 3 heteroatoms. The summed E-state index contributed by atoms with van der Waals surface area (Å²) in [6.45, 7) is 5.29. The molecule has 1 rings (SSSR count). The molecule has 1 saturated heterocycles. The van der Waals surface area contributed by atoms with E-state index in [4.69, 9.17) is 0 Å². The molecule has 2 atom stereocenters. The molecule has 1 N–H and O–H groups in total. The highest BCUT2D eigenvalue weighted by atomic mass is 16.3. The van der Waals surface area contributed by atoms with E-state index in [-0.39, 0.29) is 6.10 Å². The SMILES string of the molecule is CC(O)CCN(C)CCC1CCCN1C. The second-order valence-electron chi connectivity index (χ2n) is 5.01. The zero-order chi connectivity index (χ0) is 11.3. The van der Waals surface area contributed by atoms with E-state index in [9.17, 15) is 5.11 Å². The Kier molecular flexibility index (Phi) is 5.58. The maximum Gasteiger partial charge on any atom is 0.0524 e. The van der Waals surface area contributed by atoms with E-state index in [1.807, 2.05) is 6.92 Å². The maximum absolute atomic E-state index is 9.19. The first-order valence-electron chi connectivity index (χ1n) is 6.16. The van der Waals surface area contributed by atoms with Crippen molar-refractivity contribution in [3.05, 3.63) is 0 Å². The highest BCUT2D eigenvalue weighted by Gasteiger charge is 2.20. The van der Waals surface area contributed by atoms with Crippen molar-refractivity contribution < 1.29 is 5.11 Å². The number of aliphatic hydroxyl groups is 1. The Bertz CT molecular complexity index is 173. The number of rotatable bonds is 6. The van der Waals surface area contributed by atoms with Crippen LogP contribution in [0.15, 0.2) is 0 Å². The Morgan fingerprint density at radius 2 is 2.20 bits per heavy atom. The summed E-state index contributed by atoms with van der Waals surface area (Å²) >= 11 is 0. The number of hydrogen-bond acceptors (Lipinski definition) is 3. The van der Waals surface area contributed by atoms with Crippen LogP contribution in [0, 0.1) is 0 Å². The van der Waals surface area contributed by atoms with Gasteiger partial charge in [-0.25, -0.2) is 0 Å². The predicted molar refractivity (Wildman–Crippen MR) is 64.1 cm³/mol. The van der Waals surface area contributed by atoms with Crippen molar-refractivity contribution in [2.24, 2.45) is 0 Å². The van der Waals surface area contributed by atoms with Crippen LogP contribution in [0.4, 0.5) is 0 Å². The van der Waals surface area contributed by atoms with Crippen LogP contribution in [-0.4, -0.2) is 60.8 Å². The number of likely N-dealkylation sites (tertiary alicyclic amines) is 1. The fourth-order valence-corrected chi connectivity index (χ4v) is 2.23. The highest BCUT2D eigenvalue weighted by Crippen LogP contribution is 2.17. The number of hydrogen-bond donors (Lipinski definition) is 1. The third kappa shape index (κ3) is 4.96. The molecule has 0 spiro atoms. The van der Waals surface area contributed by atoms with Gasteiger partial charge in [-0.2, -0.15) is 0 Å². The molecule has 0 aromatic heterocycles. The molecule has 15 heavy (non-hydrogen) atoms. The fraction of sp³-hybridized carbons (Fsp3) is 1.00.